The lowest BCUT2D eigenvalue weighted by Gasteiger charge is -2.20. The molecule has 0 fully saturated rings. The number of halogens is 1. The highest BCUT2D eigenvalue weighted by Crippen LogP contribution is 2.16. The smallest absolute Gasteiger partial charge is 0.324 e. The molecule has 0 unspecified atom stereocenters. The molecule has 1 aromatic carbocycles. The first-order valence-electron chi connectivity index (χ1n) is 8.38. The number of hydrogen-bond acceptors (Lipinski definition) is 5. The van der Waals surface area contributed by atoms with Crippen molar-refractivity contribution in [2.24, 2.45) is 5.92 Å². The lowest BCUT2D eigenvalue weighted by molar-refractivity contribution is -0.151. The van der Waals surface area contributed by atoms with Crippen LogP contribution < -0.4 is 10.0 Å². The van der Waals surface area contributed by atoms with Gasteiger partial charge in [-0.05, 0) is 36.6 Å². The summed E-state index contributed by atoms with van der Waals surface area (Å²) in [4.78, 5) is 23.9. The molecule has 0 saturated heterocycles. The zero-order chi connectivity index (χ0) is 19.7. The van der Waals surface area contributed by atoms with E-state index >= 15 is 0 Å². The minimum Gasteiger partial charge on any atom is -0.454 e. The van der Waals surface area contributed by atoms with Crippen LogP contribution in [-0.4, -0.2) is 39.5 Å². The summed E-state index contributed by atoms with van der Waals surface area (Å²) < 4.78 is 33.0. The molecule has 0 aliphatic heterocycles. The van der Waals surface area contributed by atoms with Gasteiger partial charge in [-0.15, -0.1) is 0 Å². The molecule has 1 aromatic rings. The van der Waals surface area contributed by atoms with E-state index in [1.165, 1.54) is 12.1 Å². The largest absolute Gasteiger partial charge is 0.454 e. The lowest BCUT2D eigenvalue weighted by atomic mass is 10.1. The lowest BCUT2D eigenvalue weighted by Crippen LogP contribution is -2.46. The quantitative estimate of drug-likeness (QED) is 0.421. The van der Waals surface area contributed by atoms with E-state index in [9.17, 15) is 18.0 Å². The second-order valence-corrected chi connectivity index (χ2v) is 8.74. The Balaban J connectivity index is 2.71. The molecular weight excluding hydrogens is 424 g/mol. The average Bonchev–Trinajstić information content (AvgIpc) is 2.58. The minimum absolute atomic E-state index is 0.0384. The van der Waals surface area contributed by atoms with E-state index in [-0.39, 0.29) is 10.8 Å². The average molecular weight is 449 g/mol. The molecule has 9 heteroatoms. The predicted molar refractivity (Wildman–Crippen MR) is 102 cm³/mol. The van der Waals surface area contributed by atoms with Crippen LogP contribution in [0.2, 0.25) is 0 Å². The maximum absolute atomic E-state index is 12.5. The third-order valence-corrected chi connectivity index (χ3v) is 5.51. The van der Waals surface area contributed by atoms with Crippen LogP contribution in [0.25, 0.3) is 0 Å². The standard InChI is InChI=1S/C17H25BrN2O5S/c1-4-5-10-19-15(21)11-25-17(22)16(12(2)3)20-26(23,24)14-8-6-13(18)7-9-14/h6-9,12,16,20H,4-5,10-11H2,1-3H3,(H,19,21)/t16-/m0/s1. The van der Waals surface area contributed by atoms with E-state index < -0.39 is 34.5 Å². The van der Waals surface area contributed by atoms with Crippen LogP contribution in [0.4, 0.5) is 0 Å². The first-order chi connectivity index (χ1) is 12.2. The third kappa shape index (κ3) is 7.43. The Morgan fingerprint density at radius 1 is 1.19 bits per heavy atom. The molecule has 26 heavy (non-hydrogen) atoms. The maximum atomic E-state index is 12.5. The van der Waals surface area contributed by atoms with Crippen LogP contribution in [-0.2, 0) is 24.3 Å². The van der Waals surface area contributed by atoms with Gasteiger partial charge >= 0.3 is 5.97 Å². The number of benzene rings is 1. The number of rotatable bonds is 10. The molecule has 0 aliphatic rings. The van der Waals surface area contributed by atoms with E-state index in [4.69, 9.17) is 4.74 Å². The zero-order valence-electron chi connectivity index (χ0n) is 15.1. The van der Waals surface area contributed by atoms with Gasteiger partial charge in [-0.3, -0.25) is 9.59 Å². The molecule has 0 spiro atoms. The molecule has 1 amide bonds. The van der Waals surface area contributed by atoms with Gasteiger partial charge in [0.1, 0.15) is 6.04 Å². The van der Waals surface area contributed by atoms with Gasteiger partial charge in [0.2, 0.25) is 10.0 Å². The van der Waals surface area contributed by atoms with Gasteiger partial charge in [0, 0.05) is 11.0 Å². The van der Waals surface area contributed by atoms with Crippen molar-refractivity contribution in [2.75, 3.05) is 13.2 Å². The Bertz CT molecular complexity index is 704. The van der Waals surface area contributed by atoms with Crippen molar-refractivity contribution in [3.8, 4) is 0 Å². The molecule has 146 valence electrons. The molecule has 1 atom stereocenters. The van der Waals surface area contributed by atoms with Crippen molar-refractivity contribution in [1.82, 2.24) is 10.0 Å². The fourth-order valence-corrected chi connectivity index (χ4v) is 3.58. The number of carbonyl (C=O) groups excluding carboxylic acids is 2. The predicted octanol–water partition coefficient (Wildman–Crippen LogP) is 2.21. The molecule has 2 N–H and O–H groups in total. The van der Waals surface area contributed by atoms with E-state index in [0.717, 1.165) is 17.3 Å². The fourth-order valence-electron chi connectivity index (χ4n) is 1.99. The van der Waals surface area contributed by atoms with Crippen LogP contribution in [0.15, 0.2) is 33.6 Å². The Morgan fingerprint density at radius 2 is 1.81 bits per heavy atom. The van der Waals surface area contributed by atoms with Gasteiger partial charge < -0.3 is 10.1 Å². The minimum atomic E-state index is -3.89. The second-order valence-electron chi connectivity index (χ2n) is 6.11. The molecule has 0 bridgehead atoms. The summed E-state index contributed by atoms with van der Waals surface area (Å²) in [5.41, 5.74) is 0. The van der Waals surface area contributed by atoms with Crippen LogP contribution in [0.3, 0.4) is 0 Å². The summed E-state index contributed by atoms with van der Waals surface area (Å²) in [6.07, 6.45) is 1.77. The number of esters is 1. The van der Waals surface area contributed by atoms with Crippen molar-refractivity contribution in [1.29, 1.82) is 0 Å². The van der Waals surface area contributed by atoms with Gasteiger partial charge in [0.15, 0.2) is 6.61 Å². The Hall–Kier alpha value is -1.45. The van der Waals surface area contributed by atoms with E-state index in [2.05, 4.69) is 26.0 Å². The number of sulfonamides is 1. The summed E-state index contributed by atoms with van der Waals surface area (Å²) in [6, 6.07) is 4.95. The van der Waals surface area contributed by atoms with Gasteiger partial charge in [-0.1, -0.05) is 43.1 Å². The number of ether oxygens (including phenoxy) is 1. The number of unbranched alkanes of at least 4 members (excludes halogenated alkanes) is 1. The summed E-state index contributed by atoms with van der Waals surface area (Å²) in [6.45, 7) is 5.45. The molecule has 7 nitrogen and oxygen atoms in total. The van der Waals surface area contributed by atoms with Gasteiger partial charge in [0.25, 0.3) is 5.91 Å². The maximum Gasteiger partial charge on any atom is 0.324 e. The van der Waals surface area contributed by atoms with E-state index in [0.29, 0.717) is 6.54 Å². The van der Waals surface area contributed by atoms with Crippen molar-refractivity contribution in [3.63, 3.8) is 0 Å². The van der Waals surface area contributed by atoms with Crippen LogP contribution >= 0.6 is 15.9 Å². The Kier molecular flexibility index (Phi) is 9.24. The van der Waals surface area contributed by atoms with Crippen molar-refractivity contribution >= 4 is 37.8 Å². The molecular formula is C17H25BrN2O5S. The summed E-state index contributed by atoms with van der Waals surface area (Å²) in [5.74, 6) is -1.55. The SMILES string of the molecule is CCCCNC(=O)COC(=O)[C@@H](NS(=O)(=O)c1ccc(Br)cc1)C(C)C. The summed E-state index contributed by atoms with van der Waals surface area (Å²) >= 11 is 3.24. The van der Waals surface area contributed by atoms with E-state index in [1.54, 1.807) is 26.0 Å². The van der Waals surface area contributed by atoms with Crippen molar-refractivity contribution < 1.29 is 22.7 Å². The first-order valence-corrected chi connectivity index (χ1v) is 10.7. The van der Waals surface area contributed by atoms with Crippen LogP contribution in [0.5, 0.6) is 0 Å². The normalized spacial score (nSPS) is 12.7. The van der Waals surface area contributed by atoms with Crippen LogP contribution in [0, 0.1) is 5.92 Å². The van der Waals surface area contributed by atoms with Crippen molar-refractivity contribution in [3.05, 3.63) is 28.7 Å². The molecule has 0 heterocycles. The highest BCUT2D eigenvalue weighted by Gasteiger charge is 2.30. The summed E-state index contributed by atoms with van der Waals surface area (Å²) in [5, 5.41) is 2.63. The Labute approximate surface area is 163 Å². The number of nitrogens with one attached hydrogen (secondary N) is 2. The molecule has 0 aliphatic carbocycles. The van der Waals surface area contributed by atoms with E-state index in [1.807, 2.05) is 6.92 Å². The molecule has 0 radical (unpaired) electrons. The van der Waals surface area contributed by atoms with Gasteiger partial charge in [0.05, 0.1) is 4.90 Å². The number of hydrogen-bond donors (Lipinski definition) is 2. The second kappa shape index (κ2) is 10.6. The fraction of sp³-hybridized carbons (Fsp3) is 0.529. The van der Waals surface area contributed by atoms with Crippen molar-refractivity contribution in [2.45, 2.75) is 44.6 Å². The number of carbonyl (C=O) groups is 2. The monoisotopic (exact) mass is 448 g/mol. The topological polar surface area (TPSA) is 102 Å². The molecule has 1 rings (SSSR count). The number of amides is 1. The third-order valence-electron chi connectivity index (χ3n) is 3.52. The van der Waals surface area contributed by atoms with Gasteiger partial charge in [-0.2, -0.15) is 4.72 Å². The molecule has 0 saturated carbocycles. The highest BCUT2D eigenvalue weighted by atomic mass is 79.9. The van der Waals surface area contributed by atoms with Gasteiger partial charge in [-0.25, -0.2) is 8.42 Å². The zero-order valence-corrected chi connectivity index (χ0v) is 17.5. The Morgan fingerprint density at radius 3 is 2.35 bits per heavy atom. The molecule has 0 aromatic heterocycles. The summed E-state index contributed by atoms with van der Waals surface area (Å²) in [7, 11) is -3.89. The van der Waals surface area contributed by atoms with Crippen LogP contribution in [0.1, 0.15) is 33.6 Å². The first kappa shape index (κ1) is 22.6. The highest BCUT2D eigenvalue weighted by molar-refractivity contribution is 9.10.